The second kappa shape index (κ2) is 11.2. The van der Waals surface area contributed by atoms with Crippen molar-refractivity contribution in [2.45, 2.75) is 25.3 Å². The number of carbonyl (C=O) groups excluding carboxylic acids is 2. The minimum Gasteiger partial charge on any atom is -0.371 e. The number of anilines is 2. The third kappa shape index (κ3) is 5.67. The molecule has 0 aliphatic carbocycles. The summed E-state index contributed by atoms with van der Waals surface area (Å²) < 4.78 is 0. The summed E-state index contributed by atoms with van der Waals surface area (Å²) in [6, 6.07) is 23.9. The fraction of sp³-hybridized carbons (Fsp3) is 0.345. The van der Waals surface area contributed by atoms with E-state index in [9.17, 15) is 9.59 Å². The van der Waals surface area contributed by atoms with Crippen molar-refractivity contribution >= 4 is 23.3 Å². The third-order valence-corrected chi connectivity index (χ3v) is 7.08. The van der Waals surface area contributed by atoms with Crippen LogP contribution >= 0.6 is 0 Å². The minimum atomic E-state index is 0.0695. The Labute approximate surface area is 212 Å². The molecule has 2 aliphatic heterocycles. The summed E-state index contributed by atoms with van der Waals surface area (Å²) in [4.78, 5) is 36.9. The van der Waals surface area contributed by atoms with Crippen molar-refractivity contribution in [3.8, 4) is 0 Å². The van der Waals surface area contributed by atoms with Gasteiger partial charge in [-0.05, 0) is 42.7 Å². The molecule has 2 saturated heterocycles. The molecule has 186 valence electrons. The highest BCUT2D eigenvalue weighted by Crippen LogP contribution is 2.26. The molecule has 0 saturated carbocycles. The summed E-state index contributed by atoms with van der Waals surface area (Å²) in [7, 11) is 0. The van der Waals surface area contributed by atoms with E-state index in [2.05, 4.69) is 20.1 Å². The second-order valence-corrected chi connectivity index (χ2v) is 9.48. The number of pyridine rings is 1. The zero-order valence-corrected chi connectivity index (χ0v) is 20.6. The predicted molar refractivity (Wildman–Crippen MR) is 142 cm³/mol. The summed E-state index contributed by atoms with van der Waals surface area (Å²) in [6.07, 6.45) is 3.95. The highest BCUT2D eigenvalue weighted by molar-refractivity contribution is 6.00. The summed E-state index contributed by atoms with van der Waals surface area (Å²) in [5, 5.41) is 3.20. The first-order valence-corrected chi connectivity index (χ1v) is 12.8. The van der Waals surface area contributed by atoms with Gasteiger partial charge >= 0.3 is 0 Å². The average molecular weight is 484 g/mol. The maximum atomic E-state index is 13.5. The van der Waals surface area contributed by atoms with Gasteiger partial charge in [-0.15, -0.1) is 0 Å². The van der Waals surface area contributed by atoms with Crippen LogP contribution in [-0.2, 0) is 11.2 Å². The SMILES string of the molecule is O=C(Cc1ccccc1)NC1CCN(c2ccccc2C(=O)N2CCN(c3ccccn3)CC2)CC1. The molecular weight excluding hydrogens is 450 g/mol. The van der Waals surface area contributed by atoms with Gasteiger partial charge in [-0.3, -0.25) is 9.59 Å². The van der Waals surface area contributed by atoms with Crippen molar-refractivity contribution in [1.29, 1.82) is 0 Å². The van der Waals surface area contributed by atoms with Crippen LogP contribution < -0.4 is 15.1 Å². The highest BCUT2D eigenvalue weighted by Gasteiger charge is 2.27. The lowest BCUT2D eigenvalue weighted by Gasteiger charge is -2.37. The van der Waals surface area contributed by atoms with Crippen molar-refractivity contribution in [1.82, 2.24) is 15.2 Å². The van der Waals surface area contributed by atoms with E-state index in [1.165, 1.54) is 0 Å². The first-order valence-electron chi connectivity index (χ1n) is 12.8. The van der Waals surface area contributed by atoms with E-state index in [1.54, 1.807) is 6.20 Å². The summed E-state index contributed by atoms with van der Waals surface area (Å²) >= 11 is 0. The maximum absolute atomic E-state index is 13.5. The molecule has 2 amide bonds. The Hall–Kier alpha value is -3.87. The molecule has 2 fully saturated rings. The predicted octanol–water partition coefficient (Wildman–Crippen LogP) is 3.37. The van der Waals surface area contributed by atoms with Crippen LogP contribution in [-0.4, -0.2) is 67.0 Å². The average Bonchev–Trinajstić information content (AvgIpc) is 2.94. The molecule has 36 heavy (non-hydrogen) atoms. The molecule has 1 aromatic heterocycles. The quantitative estimate of drug-likeness (QED) is 0.582. The topological polar surface area (TPSA) is 68.8 Å². The molecule has 7 nitrogen and oxygen atoms in total. The Balaban J connectivity index is 1.16. The van der Waals surface area contributed by atoms with Crippen molar-refractivity contribution in [3.05, 3.63) is 90.1 Å². The smallest absolute Gasteiger partial charge is 0.256 e. The van der Waals surface area contributed by atoms with Gasteiger partial charge in [0.1, 0.15) is 5.82 Å². The lowest BCUT2D eigenvalue weighted by Crippen LogP contribution is -2.49. The van der Waals surface area contributed by atoms with Gasteiger partial charge in [-0.1, -0.05) is 48.5 Å². The van der Waals surface area contributed by atoms with Gasteiger partial charge < -0.3 is 20.0 Å². The number of benzene rings is 2. The number of piperidine rings is 1. The fourth-order valence-electron chi connectivity index (χ4n) is 5.10. The Morgan fingerprint density at radius 1 is 0.778 bits per heavy atom. The first-order chi connectivity index (χ1) is 17.7. The van der Waals surface area contributed by atoms with Crippen LogP contribution in [0.2, 0.25) is 0 Å². The standard InChI is InChI=1S/C29H33N5O2/c35-28(22-23-8-2-1-3-9-23)31-24-13-16-32(17-14-24)26-11-5-4-10-25(26)29(36)34-20-18-33(19-21-34)27-12-6-7-15-30-27/h1-12,15,24H,13-14,16-22H2,(H,31,35). The Bertz CT molecular complexity index is 1150. The molecule has 7 heteroatoms. The lowest BCUT2D eigenvalue weighted by molar-refractivity contribution is -0.121. The minimum absolute atomic E-state index is 0.0695. The van der Waals surface area contributed by atoms with Crippen LogP contribution in [0.3, 0.4) is 0 Å². The van der Waals surface area contributed by atoms with Gasteiger partial charge in [-0.2, -0.15) is 0 Å². The van der Waals surface area contributed by atoms with Crippen LogP contribution in [0.15, 0.2) is 79.0 Å². The molecule has 0 radical (unpaired) electrons. The van der Waals surface area contributed by atoms with Crippen LogP contribution in [0.4, 0.5) is 11.5 Å². The number of nitrogens with one attached hydrogen (secondary N) is 1. The van der Waals surface area contributed by atoms with Gasteiger partial charge in [0.2, 0.25) is 5.91 Å². The molecule has 5 rings (SSSR count). The van der Waals surface area contributed by atoms with E-state index in [1.807, 2.05) is 77.7 Å². The van der Waals surface area contributed by atoms with E-state index in [0.29, 0.717) is 19.5 Å². The molecule has 0 spiro atoms. The number of hydrogen-bond donors (Lipinski definition) is 1. The van der Waals surface area contributed by atoms with Crippen molar-refractivity contribution < 1.29 is 9.59 Å². The molecule has 0 bridgehead atoms. The van der Waals surface area contributed by atoms with E-state index in [-0.39, 0.29) is 17.9 Å². The van der Waals surface area contributed by atoms with Crippen molar-refractivity contribution in [2.75, 3.05) is 49.1 Å². The van der Waals surface area contributed by atoms with E-state index < -0.39 is 0 Å². The zero-order valence-electron chi connectivity index (χ0n) is 20.6. The summed E-state index contributed by atoms with van der Waals surface area (Å²) in [5.41, 5.74) is 2.78. The van der Waals surface area contributed by atoms with E-state index in [0.717, 1.165) is 61.7 Å². The Morgan fingerprint density at radius 2 is 1.47 bits per heavy atom. The van der Waals surface area contributed by atoms with Crippen LogP contribution in [0, 0.1) is 0 Å². The molecule has 2 aliphatic rings. The summed E-state index contributed by atoms with van der Waals surface area (Å²) in [5.74, 6) is 1.12. The number of rotatable bonds is 6. The van der Waals surface area contributed by atoms with Crippen LogP contribution in [0.5, 0.6) is 0 Å². The van der Waals surface area contributed by atoms with Gasteiger partial charge in [0, 0.05) is 57.2 Å². The molecule has 0 atom stereocenters. The molecule has 1 N–H and O–H groups in total. The molecule has 3 aromatic rings. The number of hydrogen-bond acceptors (Lipinski definition) is 5. The number of para-hydroxylation sites is 1. The Kier molecular flexibility index (Phi) is 7.45. The number of aromatic nitrogens is 1. The largest absolute Gasteiger partial charge is 0.371 e. The second-order valence-electron chi connectivity index (χ2n) is 9.48. The van der Waals surface area contributed by atoms with Gasteiger partial charge in [0.15, 0.2) is 0 Å². The zero-order chi connectivity index (χ0) is 24.7. The fourth-order valence-corrected chi connectivity index (χ4v) is 5.10. The lowest BCUT2D eigenvalue weighted by atomic mass is 10.0. The molecular formula is C29H33N5O2. The number of amides is 2. The molecule has 2 aromatic carbocycles. The van der Waals surface area contributed by atoms with Gasteiger partial charge in [0.05, 0.1) is 12.0 Å². The van der Waals surface area contributed by atoms with E-state index in [4.69, 9.17) is 0 Å². The van der Waals surface area contributed by atoms with Gasteiger partial charge in [0.25, 0.3) is 5.91 Å². The monoisotopic (exact) mass is 483 g/mol. The Morgan fingerprint density at radius 3 is 2.19 bits per heavy atom. The highest BCUT2D eigenvalue weighted by atomic mass is 16.2. The van der Waals surface area contributed by atoms with Crippen molar-refractivity contribution in [3.63, 3.8) is 0 Å². The van der Waals surface area contributed by atoms with Gasteiger partial charge in [-0.25, -0.2) is 4.98 Å². The van der Waals surface area contributed by atoms with Crippen molar-refractivity contribution in [2.24, 2.45) is 0 Å². The number of nitrogens with zero attached hydrogens (tertiary/aromatic N) is 4. The normalized spacial score (nSPS) is 16.6. The third-order valence-electron chi connectivity index (χ3n) is 7.08. The van der Waals surface area contributed by atoms with Crippen LogP contribution in [0.25, 0.3) is 0 Å². The van der Waals surface area contributed by atoms with E-state index >= 15 is 0 Å². The molecule has 3 heterocycles. The van der Waals surface area contributed by atoms with Crippen LogP contribution in [0.1, 0.15) is 28.8 Å². The first kappa shape index (κ1) is 23.9. The number of carbonyl (C=O) groups is 2. The molecule has 0 unspecified atom stereocenters. The maximum Gasteiger partial charge on any atom is 0.256 e. The summed E-state index contributed by atoms with van der Waals surface area (Å²) in [6.45, 7) is 4.54. The number of piperazine rings is 1.